The van der Waals surface area contributed by atoms with E-state index in [0.717, 1.165) is 44.1 Å². The Bertz CT molecular complexity index is 1050. The molecule has 3 aliphatic rings. The molecule has 2 saturated carbocycles. The van der Waals surface area contributed by atoms with Crippen LogP contribution >= 0.6 is 0 Å². The number of aliphatic hydroxyl groups is 1. The van der Waals surface area contributed by atoms with Crippen molar-refractivity contribution in [3.05, 3.63) is 29.3 Å². The highest BCUT2D eigenvalue weighted by atomic mass is 32.2. The van der Waals surface area contributed by atoms with Crippen molar-refractivity contribution in [2.75, 3.05) is 16.6 Å². The van der Waals surface area contributed by atoms with Gasteiger partial charge in [-0.3, -0.25) is 8.42 Å². The molecular formula is C27H37F5O4S2. The van der Waals surface area contributed by atoms with E-state index in [9.17, 15) is 40.6 Å². The second-order valence-electron chi connectivity index (χ2n) is 11.6. The lowest BCUT2D eigenvalue weighted by Crippen LogP contribution is -2.47. The number of halogens is 5. The molecule has 0 bridgehead atoms. The number of aromatic hydroxyl groups is 1. The Balaban J connectivity index is 1.33. The fourth-order valence-corrected chi connectivity index (χ4v) is 10.5. The summed E-state index contributed by atoms with van der Waals surface area (Å²) in [6.07, 6.45) is -2.02. The third-order valence-corrected chi connectivity index (χ3v) is 12.9. The zero-order valence-electron chi connectivity index (χ0n) is 21.5. The van der Waals surface area contributed by atoms with Crippen molar-refractivity contribution in [2.45, 2.75) is 88.8 Å². The summed E-state index contributed by atoms with van der Waals surface area (Å²) in [6.45, 7) is 2.20. The quantitative estimate of drug-likeness (QED) is 0.329. The largest absolute Gasteiger partial charge is 0.508 e. The maximum atomic E-state index is 13.0. The van der Waals surface area contributed by atoms with Crippen LogP contribution in [0.2, 0.25) is 0 Å². The molecular weight excluding hydrogens is 547 g/mol. The van der Waals surface area contributed by atoms with Gasteiger partial charge in [0, 0.05) is 39.5 Å². The number of hydrogen-bond acceptors (Lipinski definition) is 4. The topological polar surface area (TPSA) is 74.6 Å². The van der Waals surface area contributed by atoms with Crippen LogP contribution in [0.25, 0.3) is 0 Å². The van der Waals surface area contributed by atoms with Gasteiger partial charge in [-0.1, -0.05) is 13.0 Å². The van der Waals surface area contributed by atoms with Crippen LogP contribution in [0, 0.1) is 23.2 Å². The minimum Gasteiger partial charge on any atom is -0.508 e. The van der Waals surface area contributed by atoms with Crippen LogP contribution in [0.5, 0.6) is 5.75 Å². The molecule has 2 N–H and O–H groups in total. The van der Waals surface area contributed by atoms with E-state index in [4.69, 9.17) is 0 Å². The van der Waals surface area contributed by atoms with Crippen LogP contribution < -0.4 is 0 Å². The lowest BCUT2D eigenvalue weighted by molar-refractivity contribution is -0.284. The van der Waals surface area contributed by atoms with Gasteiger partial charge in [-0.25, -0.2) is 0 Å². The number of phenols is 1. The zero-order valence-corrected chi connectivity index (χ0v) is 23.2. The van der Waals surface area contributed by atoms with Gasteiger partial charge >= 0.3 is 12.1 Å². The van der Waals surface area contributed by atoms with Gasteiger partial charge in [0.05, 0.1) is 11.2 Å². The minimum absolute atomic E-state index is 0.115. The molecule has 4 nitrogen and oxygen atoms in total. The molecule has 0 amide bonds. The first-order valence-corrected chi connectivity index (χ1v) is 16.3. The van der Waals surface area contributed by atoms with Crippen LogP contribution in [0.15, 0.2) is 18.2 Å². The lowest BCUT2D eigenvalue weighted by atomic mass is 9.52. The normalized spacial score (nSPS) is 32.8. The fraction of sp³-hybridized carbons (Fsp3) is 0.778. The highest BCUT2D eigenvalue weighted by Gasteiger charge is 2.57. The molecule has 0 spiro atoms. The molecule has 38 heavy (non-hydrogen) atoms. The second kappa shape index (κ2) is 11.4. The van der Waals surface area contributed by atoms with Crippen molar-refractivity contribution in [1.82, 2.24) is 0 Å². The lowest BCUT2D eigenvalue weighted by Gasteiger charge is -2.53. The molecule has 11 heteroatoms. The summed E-state index contributed by atoms with van der Waals surface area (Å²) in [5.41, 5.74) is 2.30. The van der Waals surface area contributed by atoms with E-state index in [2.05, 4.69) is 6.92 Å². The molecule has 0 radical (unpaired) electrons. The van der Waals surface area contributed by atoms with Gasteiger partial charge in [-0.05, 0) is 104 Å². The van der Waals surface area contributed by atoms with Crippen molar-refractivity contribution >= 4 is 21.6 Å². The monoisotopic (exact) mass is 584 g/mol. The summed E-state index contributed by atoms with van der Waals surface area (Å²) in [6, 6.07) is 5.60. The number of benzene rings is 1. The Morgan fingerprint density at radius 2 is 1.71 bits per heavy atom. The minimum atomic E-state index is -5.62. The van der Waals surface area contributed by atoms with Gasteiger partial charge in [0.1, 0.15) is 5.75 Å². The van der Waals surface area contributed by atoms with Crippen LogP contribution in [0.1, 0.15) is 75.3 Å². The molecule has 1 aromatic rings. The Morgan fingerprint density at radius 1 is 1.03 bits per heavy atom. The zero-order chi connectivity index (χ0) is 27.9. The van der Waals surface area contributed by atoms with E-state index in [1.54, 1.807) is 6.07 Å². The van der Waals surface area contributed by atoms with Crippen molar-refractivity contribution in [3.63, 3.8) is 0 Å². The number of alkyl halides is 5. The first kappa shape index (κ1) is 29.9. The molecule has 3 aliphatic carbocycles. The third kappa shape index (κ3) is 6.14. The number of hydrogen-bond donors (Lipinski definition) is 2. The predicted octanol–water partition coefficient (Wildman–Crippen LogP) is 6.05. The number of fused-ring (bicyclic) bond motifs is 5. The van der Waals surface area contributed by atoms with E-state index in [1.165, 1.54) is 5.56 Å². The first-order chi connectivity index (χ1) is 17.7. The maximum absolute atomic E-state index is 13.0. The standard InChI is InChI=1S/C27H37F5O4S2/c1-25-11-9-21-20-6-5-19(33)15-18(20)14-17(24(21)22(25)7-8-23(25)34)4-2-12-37(35)16-38(36)13-3-10-26(28,29)27(30,31)32/h5-6,15,17,21-24,33-34H,2-4,7-14,16H2,1H3/t17?,21-,22+,23+,24-,25-,37?,38?/m1/s1. The maximum Gasteiger partial charge on any atom is 0.453 e. The van der Waals surface area contributed by atoms with E-state index in [-0.39, 0.29) is 39.8 Å². The fourth-order valence-electron chi connectivity index (χ4n) is 7.40. The highest BCUT2D eigenvalue weighted by molar-refractivity contribution is 8.01. The van der Waals surface area contributed by atoms with E-state index < -0.39 is 46.5 Å². The molecule has 0 saturated heterocycles. The Labute approximate surface area is 225 Å². The summed E-state index contributed by atoms with van der Waals surface area (Å²) in [5.74, 6) is -3.24. The van der Waals surface area contributed by atoms with Crippen molar-refractivity contribution in [2.24, 2.45) is 23.2 Å². The summed E-state index contributed by atoms with van der Waals surface area (Å²) < 4.78 is 87.6. The average molecular weight is 585 g/mol. The molecule has 2 fully saturated rings. The van der Waals surface area contributed by atoms with Crippen molar-refractivity contribution in [3.8, 4) is 5.75 Å². The summed E-state index contributed by atoms with van der Waals surface area (Å²) in [7, 11) is -3.19. The van der Waals surface area contributed by atoms with Crippen LogP contribution in [-0.4, -0.2) is 53.4 Å². The Hall–Kier alpha value is -1.07. The molecule has 0 heterocycles. The molecule has 0 aromatic heterocycles. The smallest absolute Gasteiger partial charge is 0.453 e. The number of rotatable bonds is 10. The van der Waals surface area contributed by atoms with Gasteiger partial charge in [-0.2, -0.15) is 22.0 Å². The highest BCUT2D eigenvalue weighted by Crippen LogP contribution is 2.62. The van der Waals surface area contributed by atoms with Gasteiger partial charge in [0.25, 0.3) is 0 Å². The summed E-state index contributed by atoms with van der Waals surface area (Å²) in [4.78, 5) is 0. The molecule has 8 atom stereocenters. The Kier molecular flexibility index (Phi) is 8.99. The Morgan fingerprint density at radius 3 is 2.39 bits per heavy atom. The molecule has 1 aromatic carbocycles. The van der Waals surface area contributed by atoms with Crippen LogP contribution in [-0.2, 0) is 28.0 Å². The van der Waals surface area contributed by atoms with Crippen LogP contribution in [0.4, 0.5) is 22.0 Å². The molecule has 3 unspecified atom stereocenters. The number of aliphatic hydroxyl groups excluding tert-OH is 1. The van der Waals surface area contributed by atoms with Crippen molar-refractivity contribution in [1.29, 1.82) is 0 Å². The summed E-state index contributed by atoms with van der Waals surface area (Å²) in [5, 5.41) is 20.6. The predicted molar refractivity (Wildman–Crippen MR) is 138 cm³/mol. The first-order valence-electron chi connectivity index (χ1n) is 13.4. The second-order valence-corrected chi connectivity index (χ2v) is 15.1. The van der Waals surface area contributed by atoms with E-state index in [1.807, 2.05) is 12.1 Å². The van der Waals surface area contributed by atoms with Gasteiger partial charge in [0.2, 0.25) is 0 Å². The molecule has 4 rings (SSSR count). The van der Waals surface area contributed by atoms with E-state index >= 15 is 0 Å². The SMILES string of the molecule is C[C@@]12CC[C@@H]3c4ccc(O)cc4CC(CCCS(=O)CS(=O)CCCC(F)(F)C(F)(F)F)[C@H]3[C@@H]1CC[C@@H]2O. The summed E-state index contributed by atoms with van der Waals surface area (Å²) >= 11 is 0. The third-order valence-electron chi connectivity index (χ3n) is 9.32. The van der Waals surface area contributed by atoms with Gasteiger partial charge < -0.3 is 10.2 Å². The molecule has 0 aliphatic heterocycles. The van der Waals surface area contributed by atoms with Gasteiger partial charge in [-0.15, -0.1) is 0 Å². The van der Waals surface area contributed by atoms with Crippen molar-refractivity contribution < 1.29 is 40.6 Å². The van der Waals surface area contributed by atoms with Gasteiger partial charge in [0.15, 0.2) is 0 Å². The average Bonchev–Trinajstić information content (AvgIpc) is 3.12. The molecule has 216 valence electrons. The number of phenolic OH excluding ortho intramolecular Hbond substituents is 1. The van der Waals surface area contributed by atoms with E-state index in [0.29, 0.717) is 24.2 Å². The van der Waals surface area contributed by atoms with Crippen LogP contribution in [0.3, 0.4) is 0 Å².